The zero-order valence-corrected chi connectivity index (χ0v) is 12.6. The van der Waals surface area contributed by atoms with E-state index in [0.717, 1.165) is 11.5 Å². The SMILES string of the molecule is O=C(NCCSCc1ccccc1)c1ccccc1Cl. The fraction of sp³-hybridized carbons (Fsp3) is 0.188. The highest BCUT2D eigenvalue weighted by Crippen LogP contribution is 2.14. The van der Waals surface area contributed by atoms with Crippen LogP contribution >= 0.6 is 23.4 Å². The average Bonchev–Trinajstić information content (AvgIpc) is 2.48. The highest BCUT2D eigenvalue weighted by Gasteiger charge is 2.08. The summed E-state index contributed by atoms with van der Waals surface area (Å²) >= 11 is 7.77. The normalized spacial score (nSPS) is 10.2. The Labute approximate surface area is 128 Å². The van der Waals surface area contributed by atoms with Gasteiger partial charge < -0.3 is 5.32 Å². The van der Waals surface area contributed by atoms with Crippen LogP contribution in [0.25, 0.3) is 0 Å². The lowest BCUT2D eigenvalue weighted by molar-refractivity contribution is 0.0956. The Morgan fingerprint density at radius 2 is 1.75 bits per heavy atom. The smallest absolute Gasteiger partial charge is 0.252 e. The monoisotopic (exact) mass is 305 g/mol. The molecule has 1 N–H and O–H groups in total. The van der Waals surface area contributed by atoms with Crippen LogP contribution in [0, 0.1) is 0 Å². The van der Waals surface area contributed by atoms with Crippen LogP contribution in [0.5, 0.6) is 0 Å². The van der Waals surface area contributed by atoms with Gasteiger partial charge in [0.1, 0.15) is 0 Å². The van der Waals surface area contributed by atoms with Crippen molar-refractivity contribution in [3.8, 4) is 0 Å². The number of amides is 1. The largest absolute Gasteiger partial charge is 0.351 e. The molecule has 2 rings (SSSR count). The molecule has 0 bridgehead atoms. The number of carbonyl (C=O) groups excluding carboxylic acids is 1. The summed E-state index contributed by atoms with van der Waals surface area (Å²) in [5.74, 6) is 1.73. The van der Waals surface area contributed by atoms with Crippen LogP contribution in [-0.4, -0.2) is 18.2 Å². The van der Waals surface area contributed by atoms with Gasteiger partial charge in [0.15, 0.2) is 0 Å². The first-order valence-electron chi connectivity index (χ1n) is 6.42. The Kier molecular flexibility index (Phi) is 5.96. The van der Waals surface area contributed by atoms with Gasteiger partial charge in [0.2, 0.25) is 0 Å². The highest BCUT2D eigenvalue weighted by molar-refractivity contribution is 7.98. The summed E-state index contributed by atoms with van der Waals surface area (Å²) in [6, 6.07) is 17.4. The van der Waals surface area contributed by atoms with Gasteiger partial charge in [0.25, 0.3) is 5.91 Å². The maximum Gasteiger partial charge on any atom is 0.252 e. The van der Waals surface area contributed by atoms with Crippen LogP contribution in [0.4, 0.5) is 0 Å². The molecule has 0 aliphatic carbocycles. The molecule has 2 aromatic carbocycles. The van der Waals surface area contributed by atoms with Gasteiger partial charge in [-0.2, -0.15) is 11.8 Å². The molecule has 2 nitrogen and oxygen atoms in total. The van der Waals surface area contributed by atoms with Gasteiger partial charge in [-0.15, -0.1) is 0 Å². The van der Waals surface area contributed by atoms with Gasteiger partial charge in [0, 0.05) is 18.1 Å². The van der Waals surface area contributed by atoms with E-state index in [4.69, 9.17) is 11.6 Å². The third-order valence-corrected chi connectivity index (χ3v) is 4.12. The van der Waals surface area contributed by atoms with Crippen molar-refractivity contribution >= 4 is 29.3 Å². The molecule has 0 unspecified atom stereocenters. The van der Waals surface area contributed by atoms with Crippen LogP contribution in [0.1, 0.15) is 15.9 Å². The van der Waals surface area contributed by atoms with E-state index in [1.807, 2.05) is 30.3 Å². The number of carbonyl (C=O) groups is 1. The molecular formula is C16H16ClNOS. The van der Waals surface area contributed by atoms with E-state index < -0.39 is 0 Å². The molecule has 2 aromatic rings. The van der Waals surface area contributed by atoms with Crippen molar-refractivity contribution in [2.24, 2.45) is 0 Å². The molecule has 0 spiro atoms. The zero-order valence-electron chi connectivity index (χ0n) is 11.0. The molecule has 0 aliphatic rings. The van der Waals surface area contributed by atoms with Crippen molar-refractivity contribution in [1.29, 1.82) is 0 Å². The first-order chi connectivity index (χ1) is 9.77. The van der Waals surface area contributed by atoms with E-state index >= 15 is 0 Å². The van der Waals surface area contributed by atoms with Crippen molar-refractivity contribution in [3.63, 3.8) is 0 Å². The fourth-order valence-corrected chi connectivity index (χ4v) is 2.78. The molecule has 0 aromatic heterocycles. The van der Waals surface area contributed by atoms with Crippen LogP contribution in [0.15, 0.2) is 54.6 Å². The number of halogens is 1. The number of nitrogens with one attached hydrogen (secondary N) is 1. The van der Waals surface area contributed by atoms with Crippen molar-refractivity contribution in [1.82, 2.24) is 5.32 Å². The minimum Gasteiger partial charge on any atom is -0.351 e. The second kappa shape index (κ2) is 7.98. The van der Waals surface area contributed by atoms with Crippen LogP contribution < -0.4 is 5.32 Å². The molecule has 0 saturated carbocycles. The third-order valence-electron chi connectivity index (χ3n) is 2.76. The van der Waals surface area contributed by atoms with Crippen LogP contribution in [-0.2, 0) is 5.75 Å². The molecule has 0 aliphatic heterocycles. The first kappa shape index (κ1) is 14.9. The minimum atomic E-state index is -0.115. The predicted octanol–water partition coefficient (Wildman–Crippen LogP) is 4.00. The molecule has 0 radical (unpaired) electrons. The van der Waals surface area contributed by atoms with E-state index in [1.165, 1.54) is 5.56 Å². The quantitative estimate of drug-likeness (QED) is 0.817. The molecule has 0 fully saturated rings. The number of hydrogen-bond donors (Lipinski definition) is 1. The van der Waals surface area contributed by atoms with Crippen LogP contribution in [0.3, 0.4) is 0 Å². The van der Waals surface area contributed by atoms with Gasteiger partial charge in [-0.3, -0.25) is 4.79 Å². The van der Waals surface area contributed by atoms with Crippen LogP contribution in [0.2, 0.25) is 5.02 Å². The molecule has 20 heavy (non-hydrogen) atoms. The molecule has 0 saturated heterocycles. The summed E-state index contributed by atoms with van der Waals surface area (Å²) in [6.07, 6.45) is 0. The summed E-state index contributed by atoms with van der Waals surface area (Å²) in [5, 5.41) is 3.37. The second-order valence-electron chi connectivity index (χ2n) is 4.27. The van der Waals surface area contributed by atoms with Gasteiger partial charge in [-0.1, -0.05) is 54.1 Å². The fourth-order valence-electron chi connectivity index (χ4n) is 1.74. The van der Waals surface area contributed by atoms with Crippen molar-refractivity contribution in [2.75, 3.05) is 12.3 Å². The van der Waals surface area contributed by atoms with E-state index in [9.17, 15) is 4.79 Å². The summed E-state index contributed by atoms with van der Waals surface area (Å²) in [5.41, 5.74) is 1.83. The molecule has 4 heteroatoms. The maximum atomic E-state index is 11.9. The summed E-state index contributed by atoms with van der Waals surface area (Å²) in [4.78, 5) is 11.9. The average molecular weight is 306 g/mol. The molecule has 104 valence electrons. The first-order valence-corrected chi connectivity index (χ1v) is 7.95. The second-order valence-corrected chi connectivity index (χ2v) is 5.79. The van der Waals surface area contributed by atoms with Crippen molar-refractivity contribution in [2.45, 2.75) is 5.75 Å². The van der Waals surface area contributed by atoms with Gasteiger partial charge in [0.05, 0.1) is 10.6 Å². The van der Waals surface area contributed by atoms with E-state index in [0.29, 0.717) is 17.1 Å². The predicted molar refractivity (Wildman–Crippen MR) is 86.4 cm³/mol. The zero-order chi connectivity index (χ0) is 14.2. The molecular weight excluding hydrogens is 290 g/mol. The Morgan fingerprint density at radius 1 is 1.05 bits per heavy atom. The summed E-state index contributed by atoms with van der Waals surface area (Å²) in [7, 11) is 0. The molecule has 0 heterocycles. The Bertz CT molecular complexity index is 559. The summed E-state index contributed by atoms with van der Waals surface area (Å²) in [6.45, 7) is 0.640. The third kappa shape index (κ3) is 4.58. The van der Waals surface area contributed by atoms with E-state index in [2.05, 4.69) is 17.4 Å². The number of benzene rings is 2. The lowest BCUT2D eigenvalue weighted by Gasteiger charge is -2.06. The topological polar surface area (TPSA) is 29.1 Å². The van der Waals surface area contributed by atoms with Gasteiger partial charge in [-0.25, -0.2) is 0 Å². The summed E-state index contributed by atoms with van der Waals surface area (Å²) < 4.78 is 0. The lowest BCUT2D eigenvalue weighted by Crippen LogP contribution is -2.26. The Hall–Kier alpha value is -1.45. The number of hydrogen-bond acceptors (Lipinski definition) is 2. The standard InChI is InChI=1S/C16H16ClNOS/c17-15-9-5-4-8-14(15)16(19)18-10-11-20-12-13-6-2-1-3-7-13/h1-9H,10-12H2,(H,18,19). The van der Waals surface area contributed by atoms with Gasteiger partial charge in [-0.05, 0) is 17.7 Å². The lowest BCUT2D eigenvalue weighted by atomic mass is 10.2. The minimum absolute atomic E-state index is 0.115. The molecule has 1 amide bonds. The molecule has 0 atom stereocenters. The highest BCUT2D eigenvalue weighted by atomic mass is 35.5. The van der Waals surface area contributed by atoms with Crippen molar-refractivity contribution < 1.29 is 4.79 Å². The van der Waals surface area contributed by atoms with E-state index in [-0.39, 0.29) is 5.91 Å². The van der Waals surface area contributed by atoms with Crippen molar-refractivity contribution in [3.05, 3.63) is 70.7 Å². The number of rotatable bonds is 6. The Morgan fingerprint density at radius 3 is 2.50 bits per heavy atom. The number of thioether (sulfide) groups is 1. The Balaban J connectivity index is 1.69. The van der Waals surface area contributed by atoms with E-state index in [1.54, 1.807) is 23.9 Å². The maximum absolute atomic E-state index is 11.9. The van der Waals surface area contributed by atoms with Gasteiger partial charge >= 0.3 is 0 Å².